The predicted molar refractivity (Wildman–Crippen MR) is 128 cm³/mol. The van der Waals surface area contributed by atoms with Gasteiger partial charge in [-0.15, -0.1) is 0 Å². The lowest BCUT2D eigenvalue weighted by molar-refractivity contribution is -0.121. The average Bonchev–Trinajstić information content (AvgIpc) is 3.11. The number of nitrogens with zero attached hydrogens (tertiary/aromatic N) is 2. The van der Waals surface area contributed by atoms with Crippen LogP contribution in [0.25, 0.3) is 5.69 Å². The van der Waals surface area contributed by atoms with Crippen molar-refractivity contribution < 1.29 is 19.4 Å². The van der Waals surface area contributed by atoms with Gasteiger partial charge in [-0.3, -0.25) is 4.79 Å². The molecule has 0 bridgehead atoms. The first kappa shape index (κ1) is 23.9. The molecule has 0 fully saturated rings. The van der Waals surface area contributed by atoms with Crippen molar-refractivity contribution >= 4 is 18.1 Å². The maximum absolute atomic E-state index is 12.1. The summed E-state index contributed by atoms with van der Waals surface area (Å²) in [6.45, 7) is 6.06. The highest BCUT2D eigenvalue weighted by molar-refractivity contribution is 5.89. The molecule has 0 aliphatic heterocycles. The number of benzene rings is 2. The lowest BCUT2D eigenvalue weighted by Gasteiger charge is -2.10. The van der Waals surface area contributed by atoms with E-state index in [0.717, 1.165) is 28.2 Å². The Kier molecular flexibility index (Phi) is 8.16. The molecule has 0 unspecified atom stereocenters. The zero-order valence-corrected chi connectivity index (χ0v) is 19.1. The van der Waals surface area contributed by atoms with Crippen LogP contribution >= 0.6 is 0 Å². The summed E-state index contributed by atoms with van der Waals surface area (Å²) in [5.74, 6) is -0.602. The van der Waals surface area contributed by atoms with Crippen LogP contribution in [0, 0.1) is 13.8 Å². The van der Waals surface area contributed by atoms with E-state index in [0.29, 0.717) is 18.6 Å². The summed E-state index contributed by atoms with van der Waals surface area (Å²) in [5, 5.41) is 14.3. The first-order valence-electron chi connectivity index (χ1n) is 10.9. The third kappa shape index (κ3) is 6.17. The van der Waals surface area contributed by atoms with Gasteiger partial charge in [-0.2, -0.15) is 5.10 Å². The second-order valence-electron chi connectivity index (χ2n) is 7.69. The third-order valence-electron chi connectivity index (χ3n) is 5.33. The Hall–Kier alpha value is -3.71. The van der Waals surface area contributed by atoms with E-state index in [2.05, 4.69) is 10.5 Å². The van der Waals surface area contributed by atoms with Crippen LogP contribution in [0.5, 0.6) is 0 Å². The van der Waals surface area contributed by atoms with Gasteiger partial charge >= 0.3 is 5.97 Å². The Morgan fingerprint density at radius 2 is 1.82 bits per heavy atom. The first-order valence-corrected chi connectivity index (χ1v) is 10.9. The quantitative estimate of drug-likeness (QED) is 0.292. The smallest absolute Gasteiger partial charge is 0.338 e. The summed E-state index contributed by atoms with van der Waals surface area (Å²) >= 11 is 0. The molecule has 0 aliphatic carbocycles. The Morgan fingerprint density at radius 3 is 2.48 bits per heavy atom. The highest BCUT2D eigenvalue weighted by Gasteiger charge is 2.12. The van der Waals surface area contributed by atoms with Crippen LogP contribution in [0.2, 0.25) is 0 Å². The molecule has 0 spiro atoms. The maximum atomic E-state index is 12.1. The number of aromatic nitrogens is 1. The second-order valence-corrected chi connectivity index (χ2v) is 7.69. The van der Waals surface area contributed by atoms with E-state index in [4.69, 9.17) is 4.74 Å². The fraction of sp³-hybridized carbons (Fsp3) is 0.269. The average molecular weight is 448 g/mol. The summed E-state index contributed by atoms with van der Waals surface area (Å²) < 4.78 is 7.08. The molecule has 1 amide bonds. The summed E-state index contributed by atoms with van der Waals surface area (Å²) in [6.07, 6.45) is 1.41. The minimum Gasteiger partial charge on any atom is -0.462 e. The van der Waals surface area contributed by atoms with Crippen molar-refractivity contribution in [2.75, 3.05) is 6.61 Å². The number of aliphatic hydroxyl groups excluding tert-OH is 1. The number of aliphatic hydroxyl groups is 1. The lowest BCUT2D eigenvalue weighted by Crippen LogP contribution is -2.18. The van der Waals surface area contributed by atoms with Gasteiger partial charge in [0.15, 0.2) is 0 Å². The van der Waals surface area contributed by atoms with Crippen molar-refractivity contribution in [3.05, 3.63) is 88.7 Å². The standard InChI is InChI=1S/C26H29N3O4/c1-4-33-26(32)21-10-12-23(13-11-21)29-18(2)16-22(19(29)3)17-27-28-25(31)15-14-24(30)20-8-6-5-7-9-20/h5-13,16-17,24,30H,4,14-15H2,1-3H3,(H,28,31)/b27-17-/t24-/m1/s1. The normalized spacial score (nSPS) is 12.0. The van der Waals surface area contributed by atoms with E-state index in [1.54, 1.807) is 25.3 Å². The van der Waals surface area contributed by atoms with Gasteiger partial charge in [-0.25, -0.2) is 10.2 Å². The van der Waals surface area contributed by atoms with Crippen molar-refractivity contribution in [2.45, 2.75) is 39.7 Å². The number of carbonyl (C=O) groups is 2. The number of esters is 1. The van der Waals surface area contributed by atoms with E-state index in [1.165, 1.54) is 0 Å². The molecule has 2 aromatic carbocycles. The fourth-order valence-corrected chi connectivity index (χ4v) is 3.62. The molecule has 0 aliphatic rings. The number of aryl methyl sites for hydroxylation is 1. The van der Waals surface area contributed by atoms with Crippen LogP contribution in [-0.2, 0) is 9.53 Å². The summed E-state index contributed by atoms with van der Waals surface area (Å²) in [5.41, 5.74) is 7.55. The highest BCUT2D eigenvalue weighted by Crippen LogP contribution is 2.21. The maximum Gasteiger partial charge on any atom is 0.338 e. The van der Waals surface area contributed by atoms with Crippen LogP contribution < -0.4 is 5.43 Å². The molecule has 7 heteroatoms. The Balaban J connectivity index is 1.60. The molecular formula is C26H29N3O4. The van der Waals surface area contributed by atoms with Crippen molar-refractivity contribution in [2.24, 2.45) is 5.10 Å². The van der Waals surface area contributed by atoms with Crippen molar-refractivity contribution in [3.8, 4) is 5.69 Å². The Labute approximate surface area is 193 Å². The number of nitrogens with one attached hydrogen (secondary N) is 1. The zero-order chi connectivity index (χ0) is 23.8. The summed E-state index contributed by atoms with van der Waals surface area (Å²) in [6, 6.07) is 18.5. The number of hydrogen-bond donors (Lipinski definition) is 2. The minimum atomic E-state index is -0.685. The van der Waals surface area contributed by atoms with E-state index in [9.17, 15) is 14.7 Å². The first-order chi connectivity index (χ1) is 15.9. The molecule has 1 atom stereocenters. The number of ether oxygens (including phenoxy) is 1. The molecule has 3 aromatic rings. The monoisotopic (exact) mass is 447 g/mol. The van der Waals surface area contributed by atoms with E-state index >= 15 is 0 Å². The van der Waals surface area contributed by atoms with Crippen molar-refractivity contribution in [3.63, 3.8) is 0 Å². The molecule has 1 aromatic heterocycles. The van der Waals surface area contributed by atoms with Gasteiger partial charge in [0.25, 0.3) is 0 Å². The van der Waals surface area contributed by atoms with Crippen LogP contribution in [0.15, 0.2) is 65.8 Å². The summed E-state index contributed by atoms with van der Waals surface area (Å²) in [7, 11) is 0. The van der Waals surface area contributed by atoms with Gasteiger partial charge < -0.3 is 14.4 Å². The van der Waals surface area contributed by atoms with Crippen LogP contribution in [0.1, 0.15) is 58.7 Å². The van der Waals surface area contributed by atoms with Crippen LogP contribution in [0.3, 0.4) is 0 Å². The predicted octanol–water partition coefficient (Wildman–Crippen LogP) is 4.23. The molecule has 33 heavy (non-hydrogen) atoms. The molecule has 172 valence electrons. The molecule has 1 heterocycles. The third-order valence-corrected chi connectivity index (χ3v) is 5.33. The molecule has 3 rings (SSSR count). The van der Waals surface area contributed by atoms with Gasteiger partial charge in [0.2, 0.25) is 5.91 Å². The largest absolute Gasteiger partial charge is 0.462 e. The van der Waals surface area contributed by atoms with Gasteiger partial charge in [0.05, 0.1) is 24.5 Å². The second kappa shape index (κ2) is 11.2. The molecular weight excluding hydrogens is 418 g/mol. The number of hydrogen-bond acceptors (Lipinski definition) is 5. The van der Waals surface area contributed by atoms with Crippen LogP contribution in [0.4, 0.5) is 0 Å². The van der Waals surface area contributed by atoms with Gasteiger partial charge in [-0.1, -0.05) is 30.3 Å². The Bertz CT molecular complexity index is 1120. The topological polar surface area (TPSA) is 92.9 Å². The van der Waals surface area contributed by atoms with Crippen molar-refractivity contribution in [1.29, 1.82) is 0 Å². The molecule has 2 N–H and O–H groups in total. The van der Waals surface area contributed by atoms with Crippen molar-refractivity contribution in [1.82, 2.24) is 9.99 Å². The number of carbonyl (C=O) groups excluding carboxylic acids is 2. The molecule has 0 saturated heterocycles. The number of amides is 1. The lowest BCUT2D eigenvalue weighted by atomic mass is 10.1. The van der Waals surface area contributed by atoms with Gasteiger partial charge in [-0.05, 0) is 63.1 Å². The van der Waals surface area contributed by atoms with E-state index in [-0.39, 0.29) is 18.3 Å². The highest BCUT2D eigenvalue weighted by atomic mass is 16.5. The van der Waals surface area contributed by atoms with E-state index in [1.807, 2.05) is 66.9 Å². The summed E-state index contributed by atoms with van der Waals surface area (Å²) in [4.78, 5) is 24.0. The fourth-order valence-electron chi connectivity index (χ4n) is 3.62. The van der Waals surface area contributed by atoms with Crippen LogP contribution in [-0.4, -0.2) is 34.4 Å². The van der Waals surface area contributed by atoms with E-state index < -0.39 is 6.10 Å². The SMILES string of the molecule is CCOC(=O)c1ccc(-n2c(C)cc(/C=N\NC(=O)CC[C@@H](O)c3ccccc3)c2C)cc1. The number of hydrazone groups is 1. The van der Waals surface area contributed by atoms with Gasteiger partial charge in [0, 0.05) is 29.1 Å². The molecule has 0 saturated carbocycles. The molecule has 7 nitrogen and oxygen atoms in total. The zero-order valence-electron chi connectivity index (χ0n) is 19.1. The van der Waals surface area contributed by atoms with Gasteiger partial charge in [0.1, 0.15) is 0 Å². The minimum absolute atomic E-state index is 0.166. The molecule has 0 radical (unpaired) electrons. The number of rotatable bonds is 9. The Morgan fingerprint density at radius 1 is 1.12 bits per heavy atom.